The molecule has 0 saturated carbocycles. The number of halogens is 3. The maximum absolute atomic E-state index is 11.8. The molecule has 0 aromatic heterocycles. The van der Waals surface area contributed by atoms with E-state index in [4.69, 9.17) is 0 Å². The first-order valence-electron chi connectivity index (χ1n) is 6.20. The van der Waals surface area contributed by atoms with Crippen LogP contribution < -0.4 is 16.0 Å². The summed E-state index contributed by atoms with van der Waals surface area (Å²) in [6.07, 6.45) is -5.43. The average molecular weight is 327 g/mol. The molecule has 0 aliphatic carbocycles. The van der Waals surface area contributed by atoms with Gasteiger partial charge in [0.05, 0.1) is 13.2 Å². The second kappa shape index (κ2) is 9.58. The normalized spacial score (nSPS) is 10.5. The minimum absolute atomic E-state index is 0.162. The van der Waals surface area contributed by atoms with Gasteiger partial charge in [0.15, 0.2) is 0 Å². The Morgan fingerprint density at radius 1 is 0.955 bits per heavy atom. The van der Waals surface area contributed by atoms with Crippen LogP contribution in [0.15, 0.2) is 0 Å². The van der Waals surface area contributed by atoms with Gasteiger partial charge in [-0.15, -0.1) is 0 Å². The molecule has 0 atom stereocenters. The van der Waals surface area contributed by atoms with Gasteiger partial charge >= 0.3 is 18.1 Å². The standard InChI is InChI=1S/C11H16F3N3O5/c1-2-22-9(20)6-17-8(19)5-16-7(18)3-4-15-10(21)11(12,13)14/h2-6H2,1H3,(H,15,21)(H,16,18)(H,17,19). The number of hydrogen-bond donors (Lipinski definition) is 3. The van der Waals surface area contributed by atoms with Crippen molar-refractivity contribution in [2.75, 3.05) is 26.2 Å². The number of esters is 1. The van der Waals surface area contributed by atoms with Gasteiger partial charge < -0.3 is 20.7 Å². The summed E-state index contributed by atoms with van der Waals surface area (Å²) < 4.78 is 40.0. The summed E-state index contributed by atoms with van der Waals surface area (Å²) in [7, 11) is 0. The summed E-state index contributed by atoms with van der Waals surface area (Å²) in [5.74, 6) is -4.18. The summed E-state index contributed by atoms with van der Waals surface area (Å²) in [6.45, 7) is 0.427. The van der Waals surface area contributed by atoms with Gasteiger partial charge in [0.25, 0.3) is 0 Å². The van der Waals surface area contributed by atoms with Crippen LogP contribution in [0, 0.1) is 0 Å². The van der Waals surface area contributed by atoms with Crippen molar-refractivity contribution >= 4 is 23.7 Å². The third-order valence-electron chi connectivity index (χ3n) is 2.08. The van der Waals surface area contributed by atoms with E-state index in [0.717, 1.165) is 0 Å². The molecule has 0 bridgehead atoms. The fourth-order valence-corrected chi connectivity index (χ4v) is 1.10. The fourth-order valence-electron chi connectivity index (χ4n) is 1.10. The van der Waals surface area contributed by atoms with Crippen LogP contribution in [0.2, 0.25) is 0 Å². The fraction of sp³-hybridized carbons (Fsp3) is 0.636. The highest BCUT2D eigenvalue weighted by atomic mass is 19.4. The molecular formula is C11H16F3N3O5. The molecule has 0 aromatic carbocycles. The van der Waals surface area contributed by atoms with Crippen molar-refractivity contribution in [3.8, 4) is 0 Å². The van der Waals surface area contributed by atoms with Crippen LogP contribution in [0.4, 0.5) is 13.2 Å². The Hall–Kier alpha value is -2.33. The Balaban J connectivity index is 3.79. The molecule has 0 saturated heterocycles. The summed E-state index contributed by atoms with van der Waals surface area (Å²) in [4.78, 5) is 43.8. The Morgan fingerprint density at radius 2 is 1.55 bits per heavy atom. The van der Waals surface area contributed by atoms with Crippen molar-refractivity contribution in [2.45, 2.75) is 19.5 Å². The monoisotopic (exact) mass is 327 g/mol. The van der Waals surface area contributed by atoms with Crippen LogP contribution in [0.5, 0.6) is 0 Å². The van der Waals surface area contributed by atoms with Crippen LogP contribution in [-0.2, 0) is 23.9 Å². The third kappa shape index (κ3) is 9.55. The molecule has 0 spiro atoms. The minimum Gasteiger partial charge on any atom is -0.465 e. The highest BCUT2D eigenvalue weighted by molar-refractivity contribution is 5.87. The Labute approximate surface area is 123 Å². The van der Waals surface area contributed by atoms with Crippen LogP contribution in [0.3, 0.4) is 0 Å². The van der Waals surface area contributed by atoms with E-state index in [-0.39, 0.29) is 13.2 Å². The van der Waals surface area contributed by atoms with E-state index in [1.807, 2.05) is 0 Å². The summed E-state index contributed by atoms with van der Waals surface area (Å²) >= 11 is 0. The molecule has 0 radical (unpaired) electrons. The average Bonchev–Trinajstić information content (AvgIpc) is 2.42. The van der Waals surface area contributed by atoms with E-state index >= 15 is 0 Å². The summed E-state index contributed by atoms with van der Waals surface area (Å²) in [5.41, 5.74) is 0. The Kier molecular flexibility index (Phi) is 8.56. The molecule has 126 valence electrons. The van der Waals surface area contributed by atoms with Crippen molar-refractivity contribution in [3.05, 3.63) is 0 Å². The number of amides is 3. The predicted octanol–water partition coefficient (Wildman–Crippen LogP) is -1.15. The number of carbonyl (C=O) groups is 4. The van der Waals surface area contributed by atoms with Crippen molar-refractivity contribution in [2.24, 2.45) is 0 Å². The summed E-state index contributed by atoms with van der Waals surface area (Å²) in [6, 6.07) is 0. The van der Waals surface area contributed by atoms with Gasteiger partial charge in [0, 0.05) is 13.0 Å². The van der Waals surface area contributed by atoms with Gasteiger partial charge in [-0.05, 0) is 6.92 Å². The maximum Gasteiger partial charge on any atom is 0.471 e. The molecule has 22 heavy (non-hydrogen) atoms. The van der Waals surface area contributed by atoms with Gasteiger partial charge in [-0.3, -0.25) is 19.2 Å². The summed E-state index contributed by atoms with van der Waals surface area (Å²) in [5, 5.41) is 5.79. The second-order valence-corrected chi connectivity index (χ2v) is 3.86. The zero-order valence-electron chi connectivity index (χ0n) is 11.7. The lowest BCUT2D eigenvalue weighted by atomic mass is 10.4. The Morgan fingerprint density at radius 3 is 2.09 bits per heavy atom. The first-order valence-corrected chi connectivity index (χ1v) is 6.20. The number of carbonyl (C=O) groups excluding carboxylic acids is 4. The largest absolute Gasteiger partial charge is 0.471 e. The predicted molar refractivity (Wildman–Crippen MR) is 66.3 cm³/mol. The van der Waals surface area contributed by atoms with Gasteiger partial charge in [0.2, 0.25) is 11.8 Å². The topological polar surface area (TPSA) is 114 Å². The van der Waals surface area contributed by atoms with Crippen molar-refractivity contribution < 1.29 is 37.1 Å². The SMILES string of the molecule is CCOC(=O)CNC(=O)CNC(=O)CCNC(=O)C(F)(F)F. The third-order valence-corrected chi connectivity index (χ3v) is 2.08. The molecule has 0 rings (SSSR count). The zero-order chi connectivity index (χ0) is 17.2. The van der Waals surface area contributed by atoms with Gasteiger partial charge in [-0.1, -0.05) is 0 Å². The lowest BCUT2D eigenvalue weighted by Gasteiger charge is -2.08. The zero-order valence-corrected chi connectivity index (χ0v) is 11.7. The smallest absolute Gasteiger partial charge is 0.465 e. The van der Waals surface area contributed by atoms with E-state index < -0.39 is 49.4 Å². The number of rotatable bonds is 8. The molecule has 0 unspecified atom stereocenters. The Bertz CT molecular complexity index is 426. The molecule has 3 amide bonds. The second-order valence-electron chi connectivity index (χ2n) is 3.86. The van der Waals surface area contributed by atoms with Crippen molar-refractivity contribution in [1.82, 2.24) is 16.0 Å². The lowest BCUT2D eigenvalue weighted by molar-refractivity contribution is -0.173. The number of alkyl halides is 3. The van der Waals surface area contributed by atoms with Gasteiger partial charge in [-0.25, -0.2) is 0 Å². The number of nitrogens with one attached hydrogen (secondary N) is 3. The molecular weight excluding hydrogens is 311 g/mol. The molecule has 3 N–H and O–H groups in total. The molecule has 0 aromatic rings. The molecule has 0 aliphatic heterocycles. The van der Waals surface area contributed by atoms with Gasteiger partial charge in [0.1, 0.15) is 6.54 Å². The van der Waals surface area contributed by atoms with E-state index in [0.29, 0.717) is 0 Å². The van der Waals surface area contributed by atoms with Crippen LogP contribution in [0.25, 0.3) is 0 Å². The molecule has 0 heterocycles. The highest BCUT2D eigenvalue weighted by Gasteiger charge is 2.38. The molecule has 0 fully saturated rings. The lowest BCUT2D eigenvalue weighted by Crippen LogP contribution is -2.41. The first kappa shape index (κ1) is 19.7. The van der Waals surface area contributed by atoms with Gasteiger partial charge in [-0.2, -0.15) is 13.2 Å². The van der Waals surface area contributed by atoms with E-state index in [9.17, 15) is 32.3 Å². The first-order chi connectivity index (χ1) is 10.2. The molecule has 8 nitrogen and oxygen atoms in total. The van der Waals surface area contributed by atoms with Crippen molar-refractivity contribution in [3.63, 3.8) is 0 Å². The number of ether oxygens (including phenoxy) is 1. The van der Waals surface area contributed by atoms with Crippen LogP contribution >= 0.6 is 0 Å². The van der Waals surface area contributed by atoms with Crippen LogP contribution in [0.1, 0.15) is 13.3 Å². The number of hydrogen-bond acceptors (Lipinski definition) is 5. The molecule has 11 heteroatoms. The molecule has 0 aliphatic rings. The van der Waals surface area contributed by atoms with E-state index in [1.165, 1.54) is 5.32 Å². The minimum atomic E-state index is -5.01. The van der Waals surface area contributed by atoms with Crippen LogP contribution in [-0.4, -0.2) is 56.1 Å². The van der Waals surface area contributed by atoms with E-state index in [1.54, 1.807) is 6.92 Å². The maximum atomic E-state index is 11.8. The van der Waals surface area contributed by atoms with E-state index in [2.05, 4.69) is 15.4 Å². The quantitative estimate of drug-likeness (QED) is 0.487. The van der Waals surface area contributed by atoms with Crippen molar-refractivity contribution in [1.29, 1.82) is 0 Å². The highest BCUT2D eigenvalue weighted by Crippen LogP contribution is 2.13.